The van der Waals surface area contributed by atoms with E-state index < -0.39 is 0 Å². The van der Waals surface area contributed by atoms with Crippen LogP contribution in [0.2, 0.25) is 0 Å². The van der Waals surface area contributed by atoms with Gasteiger partial charge in [-0.2, -0.15) is 0 Å². The van der Waals surface area contributed by atoms with Crippen LogP contribution >= 0.6 is 0 Å². The summed E-state index contributed by atoms with van der Waals surface area (Å²) in [7, 11) is 4.24. The number of nitrogens with one attached hydrogen (secondary N) is 4. The number of urea groups is 1. The zero-order valence-corrected chi connectivity index (χ0v) is 17.1. The third-order valence-electron chi connectivity index (χ3n) is 4.12. The number of carbonyl (C=O) groups excluding carboxylic acids is 2. The Morgan fingerprint density at radius 3 is 1.86 bits per heavy atom. The predicted molar refractivity (Wildman–Crippen MR) is 111 cm³/mol. The molecule has 0 saturated carbocycles. The summed E-state index contributed by atoms with van der Waals surface area (Å²) >= 11 is 0. The number of hydrogen-bond donors (Lipinski definition) is 4. The van der Waals surface area contributed by atoms with Crippen LogP contribution in [0.3, 0.4) is 0 Å². The molecule has 2 aromatic rings. The average molecular weight is 384 g/mol. The summed E-state index contributed by atoms with van der Waals surface area (Å²) in [6.45, 7) is 5.71. The maximum absolute atomic E-state index is 12.3. The lowest BCUT2D eigenvalue weighted by Crippen LogP contribution is -3.04. The minimum atomic E-state index is -0.199. The normalized spacial score (nSPS) is 10.8. The maximum Gasteiger partial charge on any atom is 0.315 e. The topological polar surface area (TPSA) is 74.7 Å². The molecule has 0 spiro atoms. The highest BCUT2D eigenvalue weighted by Gasteiger charge is 2.07. The first-order chi connectivity index (χ1) is 13.3. The SMILES string of the molecule is CC(C)NC(=O)NCc1ccc(C(=O)NCc2ccc(C[NH+](C)C)cc2)cc1. The van der Waals surface area contributed by atoms with Gasteiger partial charge >= 0.3 is 6.03 Å². The Bertz CT molecular complexity index is 768. The molecule has 0 unspecified atom stereocenters. The van der Waals surface area contributed by atoms with Crippen LogP contribution in [0.4, 0.5) is 4.79 Å². The molecule has 28 heavy (non-hydrogen) atoms. The molecule has 6 heteroatoms. The van der Waals surface area contributed by atoms with E-state index in [1.54, 1.807) is 12.1 Å². The van der Waals surface area contributed by atoms with Crippen LogP contribution in [0.5, 0.6) is 0 Å². The molecule has 0 aliphatic carbocycles. The molecule has 150 valence electrons. The fourth-order valence-electron chi connectivity index (χ4n) is 2.74. The molecule has 0 aliphatic rings. The van der Waals surface area contributed by atoms with Crippen molar-refractivity contribution in [1.29, 1.82) is 0 Å². The first kappa shape index (κ1) is 21.4. The van der Waals surface area contributed by atoms with Crippen LogP contribution in [0.25, 0.3) is 0 Å². The quantitative estimate of drug-likeness (QED) is 0.557. The highest BCUT2D eigenvalue weighted by atomic mass is 16.2. The summed E-state index contributed by atoms with van der Waals surface area (Å²) in [6.07, 6.45) is 0. The second-order valence-electron chi connectivity index (χ2n) is 7.56. The minimum Gasteiger partial charge on any atom is -0.348 e. The van der Waals surface area contributed by atoms with Gasteiger partial charge in [-0.25, -0.2) is 4.79 Å². The second-order valence-corrected chi connectivity index (χ2v) is 7.56. The van der Waals surface area contributed by atoms with Crippen LogP contribution in [0, 0.1) is 0 Å². The monoisotopic (exact) mass is 383 g/mol. The molecule has 2 rings (SSSR count). The van der Waals surface area contributed by atoms with Crippen molar-refractivity contribution in [2.45, 2.75) is 39.5 Å². The van der Waals surface area contributed by atoms with Crippen LogP contribution in [0.15, 0.2) is 48.5 Å². The fraction of sp³-hybridized carbons (Fsp3) is 0.364. The van der Waals surface area contributed by atoms with Gasteiger partial charge in [-0.1, -0.05) is 36.4 Å². The molecular weight excluding hydrogens is 352 g/mol. The van der Waals surface area contributed by atoms with Crippen molar-refractivity contribution < 1.29 is 14.5 Å². The smallest absolute Gasteiger partial charge is 0.315 e. The molecule has 0 fully saturated rings. The van der Waals surface area contributed by atoms with Gasteiger partial charge in [0.25, 0.3) is 5.91 Å². The summed E-state index contributed by atoms with van der Waals surface area (Å²) in [5, 5.41) is 8.50. The fourth-order valence-corrected chi connectivity index (χ4v) is 2.74. The lowest BCUT2D eigenvalue weighted by Gasteiger charge is -2.11. The van der Waals surface area contributed by atoms with Crippen LogP contribution in [-0.4, -0.2) is 32.1 Å². The Labute approximate surface area is 167 Å². The molecule has 3 amide bonds. The van der Waals surface area contributed by atoms with Crippen molar-refractivity contribution in [1.82, 2.24) is 16.0 Å². The number of hydrogen-bond acceptors (Lipinski definition) is 2. The van der Waals surface area contributed by atoms with Gasteiger partial charge in [0.15, 0.2) is 0 Å². The second kappa shape index (κ2) is 10.5. The zero-order valence-electron chi connectivity index (χ0n) is 17.1. The van der Waals surface area contributed by atoms with Gasteiger partial charge in [-0.3, -0.25) is 4.79 Å². The molecule has 0 atom stereocenters. The molecule has 0 radical (unpaired) electrons. The highest BCUT2D eigenvalue weighted by molar-refractivity contribution is 5.94. The van der Waals surface area contributed by atoms with Gasteiger partial charge in [0.1, 0.15) is 6.54 Å². The van der Waals surface area contributed by atoms with Crippen LogP contribution in [0.1, 0.15) is 40.9 Å². The van der Waals surface area contributed by atoms with E-state index >= 15 is 0 Å². The largest absolute Gasteiger partial charge is 0.348 e. The van der Waals surface area contributed by atoms with Gasteiger partial charge in [-0.05, 0) is 37.1 Å². The van der Waals surface area contributed by atoms with Gasteiger partial charge < -0.3 is 20.9 Å². The molecule has 6 nitrogen and oxygen atoms in total. The number of benzene rings is 2. The summed E-state index contributed by atoms with van der Waals surface area (Å²) < 4.78 is 0. The molecule has 0 bridgehead atoms. The highest BCUT2D eigenvalue weighted by Crippen LogP contribution is 2.07. The molecule has 0 aliphatic heterocycles. The standard InChI is InChI=1S/C22H30N4O2/c1-16(2)25-22(28)24-14-18-9-11-20(12-10-18)21(27)23-13-17-5-7-19(8-6-17)15-26(3)4/h5-12,16H,13-15H2,1-4H3,(H,23,27)(H2,24,25,28)/p+1. The number of carbonyl (C=O) groups is 2. The summed E-state index contributed by atoms with van der Waals surface area (Å²) in [5.41, 5.74) is 3.89. The van der Waals surface area contributed by atoms with E-state index in [0.717, 1.165) is 17.7 Å². The van der Waals surface area contributed by atoms with E-state index in [1.807, 2.05) is 26.0 Å². The Kier molecular flexibility index (Phi) is 8.02. The molecule has 4 N–H and O–H groups in total. The number of quaternary nitrogens is 1. The van der Waals surface area contributed by atoms with E-state index in [9.17, 15) is 9.59 Å². The third kappa shape index (κ3) is 7.40. The van der Waals surface area contributed by atoms with Gasteiger partial charge in [0.05, 0.1) is 14.1 Å². The Morgan fingerprint density at radius 2 is 1.32 bits per heavy atom. The van der Waals surface area contributed by atoms with Crippen molar-refractivity contribution in [3.8, 4) is 0 Å². The summed E-state index contributed by atoms with van der Waals surface area (Å²) in [4.78, 5) is 25.3. The maximum atomic E-state index is 12.3. The zero-order chi connectivity index (χ0) is 20.5. The Hall–Kier alpha value is -2.86. The van der Waals surface area contributed by atoms with Crippen molar-refractivity contribution in [3.63, 3.8) is 0 Å². The van der Waals surface area contributed by atoms with Crippen LogP contribution in [-0.2, 0) is 19.6 Å². The number of rotatable bonds is 8. The first-order valence-corrected chi connectivity index (χ1v) is 9.62. The van der Waals surface area contributed by atoms with Gasteiger partial charge in [0.2, 0.25) is 0 Å². The first-order valence-electron chi connectivity index (χ1n) is 9.62. The molecular formula is C22H31N4O2+. The van der Waals surface area contributed by atoms with Crippen molar-refractivity contribution in [2.24, 2.45) is 0 Å². The van der Waals surface area contributed by atoms with Crippen molar-refractivity contribution >= 4 is 11.9 Å². The van der Waals surface area contributed by atoms with Gasteiger partial charge in [0, 0.05) is 30.3 Å². The molecule has 0 aromatic heterocycles. The minimum absolute atomic E-state index is 0.0939. The van der Waals surface area contributed by atoms with Crippen molar-refractivity contribution in [3.05, 3.63) is 70.8 Å². The average Bonchev–Trinajstić information content (AvgIpc) is 2.65. The number of amides is 3. The predicted octanol–water partition coefficient (Wildman–Crippen LogP) is 1.47. The van der Waals surface area contributed by atoms with E-state index in [2.05, 4.69) is 54.3 Å². The Morgan fingerprint density at radius 1 is 0.821 bits per heavy atom. The molecule has 0 saturated heterocycles. The molecule has 2 aromatic carbocycles. The van der Waals surface area contributed by atoms with E-state index in [4.69, 9.17) is 0 Å². The molecule has 0 heterocycles. The third-order valence-corrected chi connectivity index (χ3v) is 4.12. The Balaban J connectivity index is 1.81. The van der Waals surface area contributed by atoms with E-state index in [0.29, 0.717) is 18.7 Å². The van der Waals surface area contributed by atoms with E-state index in [1.165, 1.54) is 10.5 Å². The van der Waals surface area contributed by atoms with E-state index in [-0.39, 0.29) is 18.0 Å². The summed E-state index contributed by atoms with van der Waals surface area (Å²) in [6, 6.07) is 15.4. The summed E-state index contributed by atoms with van der Waals surface area (Å²) in [5.74, 6) is -0.112. The van der Waals surface area contributed by atoms with Gasteiger partial charge in [-0.15, -0.1) is 0 Å². The lowest BCUT2D eigenvalue weighted by molar-refractivity contribution is -0.872. The lowest BCUT2D eigenvalue weighted by atomic mass is 10.1. The van der Waals surface area contributed by atoms with Crippen LogP contribution < -0.4 is 20.9 Å². The van der Waals surface area contributed by atoms with Crippen molar-refractivity contribution in [2.75, 3.05) is 14.1 Å².